The molecule has 20 heavy (non-hydrogen) atoms. The van der Waals surface area contributed by atoms with Gasteiger partial charge in [0.15, 0.2) is 0 Å². The molecular weight excluding hydrogens is 266 g/mol. The molecular formula is C17H23NOS. The maximum atomic E-state index is 12.2. The molecule has 0 N–H and O–H groups in total. The van der Waals surface area contributed by atoms with Gasteiger partial charge in [0, 0.05) is 18.8 Å². The number of amides is 1. The van der Waals surface area contributed by atoms with E-state index in [4.69, 9.17) is 0 Å². The molecule has 3 heteroatoms. The van der Waals surface area contributed by atoms with Gasteiger partial charge in [-0.25, -0.2) is 0 Å². The summed E-state index contributed by atoms with van der Waals surface area (Å²) in [7, 11) is 0. The first-order valence-corrected chi connectivity index (χ1v) is 8.79. The van der Waals surface area contributed by atoms with E-state index in [1.165, 1.54) is 30.4 Å². The molecule has 1 aromatic carbocycles. The number of carbonyl (C=O) groups is 1. The lowest BCUT2D eigenvalue weighted by atomic mass is 10.0. The maximum Gasteiger partial charge on any atom is 0.232 e. The summed E-state index contributed by atoms with van der Waals surface area (Å²) in [5.41, 5.74) is 2.60. The van der Waals surface area contributed by atoms with E-state index < -0.39 is 0 Å². The first-order chi connectivity index (χ1) is 9.72. The van der Waals surface area contributed by atoms with Crippen LogP contribution in [0.2, 0.25) is 0 Å². The van der Waals surface area contributed by atoms with Crippen LogP contribution in [-0.4, -0.2) is 29.6 Å². The van der Waals surface area contributed by atoms with E-state index in [1.54, 1.807) is 11.8 Å². The van der Waals surface area contributed by atoms with Gasteiger partial charge < -0.3 is 4.90 Å². The van der Waals surface area contributed by atoms with Crippen LogP contribution in [0.3, 0.4) is 0 Å². The predicted octanol–water partition coefficient (Wildman–Crippen LogP) is 3.49. The maximum absolute atomic E-state index is 12.2. The Morgan fingerprint density at radius 3 is 2.50 bits per heavy atom. The van der Waals surface area contributed by atoms with Crippen molar-refractivity contribution in [2.45, 2.75) is 31.9 Å². The highest BCUT2D eigenvalue weighted by Gasteiger charge is 2.37. The van der Waals surface area contributed by atoms with Crippen molar-refractivity contribution in [1.29, 1.82) is 0 Å². The number of benzene rings is 1. The van der Waals surface area contributed by atoms with Crippen molar-refractivity contribution in [2.24, 2.45) is 11.8 Å². The van der Waals surface area contributed by atoms with Crippen molar-refractivity contribution in [1.82, 2.24) is 4.90 Å². The zero-order valence-corrected chi connectivity index (χ0v) is 13.0. The number of carbonyl (C=O) groups excluding carboxylic acids is 1. The van der Waals surface area contributed by atoms with E-state index in [0.29, 0.717) is 11.7 Å². The van der Waals surface area contributed by atoms with Crippen LogP contribution in [0.5, 0.6) is 0 Å². The summed E-state index contributed by atoms with van der Waals surface area (Å²) in [6, 6.07) is 8.60. The van der Waals surface area contributed by atoms with E-state index in [-0.39, 0.29) is 0 Å². The van der Waals surface area contributed by atoms with Crippen molar-refractivity contribution in [3.8, 4) is 0 Å². The topological polar surface area (TPSA) is 20.3 Å². The van der Waals surface area contributed by atoms with Crippen LogP contribution in [0.1, 0.15) is 30.4 Å². The number of rotatable bonds is 4. The van der Waals surface area contributed by atoms with Crippen LogP contribution in [0, 0.1) is 18.8 Å². The molecule has 3 rings (SSSR count). The Labute approximate surface area is 125 Å². The third-order valence-corrected chi connectivity index (χ3v) is 5.68. The smallest absolute Gasteiger partial charge is 0.232 e. The van der Waals surface area contributed by atoms with Crippen molar-refractivity contribution < 1.29 is 4.79 Å². The molecule has 0 unspecified atom stereocenters. The Kier molecular flexibility index (Phi) is 4.35. The predicted molar refractivity (Wildman–Crippen MR) is 84.8 cm³/mol. The standard InChI is InChI=1S/C17H23NOS/c1-13-5-7-14(8-6-13)11-20-12-17(19)18-9-15-3-2-4-16(15)10-18/h5-8,15-16H,2-4,9-12H2,1H3/t15-,16-/m0/s1. The summed E-state index contributed by atoms with van der Waals surface area (Å²) in [6.07, 6.45) is 4.05. The van der Waals surface area contributed by atoms with Gasteiger partial charge in [0.1, 0.15) is 0 Å². The van der Waals surface area contributed by atoms with E-state index in [0.717, 1.165) is 30.7 Å². The van der Waals surface area contributed by atoms with E-state index in [1.807, 2.05) is 0 Å². The number of fused-ring (bicyclic) bond motifs is 1. The summed E-state index contributed by atoms with van der Waals surface area (Å²) in [5.74, 6) is 3.53. The highest BCUT2D eigenvalue weighted by molar-refractivity contribution is 7.99. The van der Waals surface area contributed by atoms with Crippen molar-refractivity contribution in [3.05, 3.63) is 35.4 Å². The van der Waals surface area contributed by atoms with Gasteiger partial charge in [-0.2, -0.15) is 0 Å². The fourth-order valence-electron chi connectivity index (χ4n) is 3.47. The van der Waals surface area contributed by atoms with Crippen LogP contribution in [0.4, 0.5) is 0 Å². The molecule has 2 atom stereocenters. The van der Waals surface area contributed by atoms with E-state index >= 15 is 0 Å². The average Bonchev–Trinajstić information content (AvgIpc) is 3.02. The van der Waals surface area contributed by atoms with Gasteiger partial charge in [-0.1, -0.05) is 36.2 Å². The molecule has 0 radical (unpaired) electrons. The number of hydrogen-bond acceptors (Lipinski definition) is 2. The highest BCUT2D eigenvalue weighted by Crippen LogP contribution is 2.37. The molecule has 0 bridgehead atoms. The Hall–Kier alpha value is -0.960. The lowest BCUT2D eigenvalue weighted by molar-refractivity contribution is -0.127. The number of thioether (sulfide) groups is 1. The molecule has 1 saturated heterocycles. The zero-order chi connectivity index (χ0) is 13.9. The van der Waals surface area contributed by atoms with Gasteiger partial charge in [-0.15, -0.1) is 11.8 Å². The fraction of sp³-hybridized carbons (Fsp3) is 0.588. The molecule has 2 nitrogen and oxygen atoms in total. The first kappa shape index (κ1) is 14.0. The Morgan fingerprint density at radius 2 is 1.85 bits per heavy atom. The van der Waals surface area contributed by atoms with E-state index in [9.17, 15) is 4.79 Å². The first-order valence-electron chi connectivity index (χ1n) is 7.63. The van der Waals surface area contributed by atoms with Crippen molar-refractivity contribution >= 4 is 17.7 Å². The molecule has 0 aromatic heterocycles. The van der Waals surface area contributed by atoms with Crippen LogP contribution >= 0.6 is 11.8 Å². The second kappa shape index (κ2) is 6.21. The highest BCUT2D eigenvalue weighted by atomic mass is 32.2. The van der Waals surface area contributed by atoms with Gasteiger partial charge in [-0.05, 0) is 37.2 Å². The molecule has 1 amide bonds. The van der Waals surface area contributed by atoms with Crippen LogP contribution in [-0.2, 0) is 10.5 Å². The largest absolute Gasteiger partial charge is 0.341 e. The molecule has 1 heterocycles. The molecule has 1 aromatic rings. The summed E-state index contributed by atoms with van der Waals surface area (Å²) in [6.45, 7) is 4.15. The summed E-state index contributed by atoms with van der Waals surface area (Å²) >= 11 is 1.74. The Bertz CT molecular complexity index is 458. The number of aryl methyl sites for hydroxylation is 1. The minimum atomic E-state index is 0.344. The van der Waals surface area contributed by atoms with Gasteiger partial charge in [0.05, 0.1) is 5.75 Å². The van der Waals surface area contributed by atoms with Gasteiger partial charge in [-0.3, -0.25) is 4.79 Å². The second-order valence-electron chi connectivity index (χ2n) is 6.23. The Morgan fingerprint density at radius 1 is 1.20 bits per heavy atom. The molecule has 108 valence electrons. The fourth-order valence-corrected chi connectivity index (χ4v) is 4.36. The van der Waals surface area contributed by atoms with Crippen molar-refractivity contribution in [3.63, 3.8) is 0 Å². The average molecular weight is 289 g/mol. The number of nitrogens with zero attached hydrogens (tertiary/aromatic N) is 1. The molecule has 0 spiro atoms. The molecule has 1 aliphatic heterocycles. The van der Waals surface area contributed by atoms with Crippen LogP contribution in [0.25, 0.3) is 0 Å². The summed E-state index contributed by atoms with van der Waals surface area (Å²) in [5, 5.41) is 0. The number of hydrogen-bond donors (Lipinski definition) is 0. The van der Waals surface area contributed by atoms with Crippen LogP contribution in [0.15, 0.2) is 24.3 Å². The minimum Gasteiger partial charge on any atom is -0.341 e. The third-order valence-electron chi connectivity index (χ3n) is 4.69. The molecule has 2 fully saturated rings. The molecule has 1 saturated carbocycles. The minimum absolute atomic E-state index is 0.344. The normalized spacial score (nSPS) is 24.9. The zero-order valence-electron chi connectivity index (χ0n) is 12.2. The summed E-state index contributed by atoms with van der Waals surface area (Å²) in [4.78, 5) is 14.3. The second-order valence-corrected chi connectivity index (χ2v) is 7.21. The number of likely N-dealkylation sites (tertiary alicyclic amines) is 1. The third kappa shape index (κ3) is 3.20. The Balaban J connectivity index is 1.42. The van der Waals surface area contributed by atoms with Crippen molar-refractivity contribution in [2.75, 3.05) is 18.8 Å². The quantitative estimate of drug-likeness (QED) is 0.845. The molecule has 1 aliphatic carbocycles. The van der Waals surface area contributed by atoms with Crippen LogP contribution < -0.4 is 0 Å². The van der Waals surface area contributed by atoms with E-state index in [2.05, 4.69) is 36.1 Å². The molecule has 2 aliphatic rings. The monoisotopic (exact) mass is 289 g/mol. The SMILES string of the molecule is Cc1ccc(CSCC(=O)N2C[C@@H]3CCC[C@H]3C2)cc1. The lowest BCUT2D eigenvalue weighted by Crippen LogP contribution is -2.31. The van der Waals surface area contributed by atoms with Gasteiger partial charge in [0.25, 0.3) is 0 Å². The van der Waals surface area contributed by atoms with Gasteiger partial charge in [0.2, 0.25) is 5.91 Å². The summed E-state index contributed by atoms with van der Waals surface area (Å²) < 4.78 is 0. The van der Waals surface area contributed by atoms with Gasteiger partial charge >= 0.3 is 0 Å². The lowest BCUT2D eigenvalue weighted by Gasteiger charge is -2.17.